The second kappa shape index (κ2) is 7.46. The first kappa shape index (κ1) is 18.2. The molecule has 1 atom stereocenters. The SMILES string of the molecule is O=S(=O)(c1ccc(Cl)cc1)N1CCC[C@H](c2[nH]ncc2-c2ccccc2)C1. The number of hydrogen-bond acceptors (Lipinski definition) is 3. The number of halogens is 1. The predicted molar refractivity (Wildman–Crippen MR) is 106 cm³/mol. The zero-order valence-electron chi connectivity index (χ0n) is 14.7. The number of benzene rings is 2. The third-order valence-corrected chi connectivity index (χ3v) is 7.13. The van der Waals surface area contributed by atoms with Gasteiger partial charge in [0.2, 0.25) is 10.0 Å². The summed E-state index contributed by atoms with van der Waals surface area (Å²) in [5.41, 5.74) is 3.11. The van der Waals surface area contributed by atoms with Gasteiger partial charge in [0, 0.05) is 35.3 Å². The van der Waals surface area contributed by atoms with E-state index in [0.717, 1.165) is 29.7 Å². The Bertz CT molecular complexity index is 1020. The van der Waals surface area contributed by atoms with Crippen molar-refractivity contribution < 1.29 is 8.42 Å². The average Bonchev–Trinajstić information content (AvgIpc) is 3.19. The molecule has 1 fully saturated rings. The summed E-state index contributed by atoms with van der Waals surface area (Å²) in [5.74, 6) is 0.0820. The second-order valence-electron chi connectivity index (χ2n) is 6.72. The van der Waals surface area contributed by atoms with Crippen LogP contribution < -0.4 is 0 Å². The molecule has 1 aliphatic rings. The molecule has 0 amide bonds. The van der Waals surface area contributed by atoms with Crippen molar-refractivity contribution in [3.8, 4) is 11.1 Å². The Hall–Kier alpha value is -2.15. The van der Waals surface area contributed by atoms with Crippen LogP contribution in [0.25, 0.3) is 11.1 Å². The molecule has 1 N–H and O–H groups in total. The van der Waals surface area contributed by atoms with Crippen LogP contribution in [0.3, 0.4) is 0 Å². The third kappa shape index (κ3) is 3.65. The molecule has 0 spiro atoms. The van der Waals surface area contributed by atoms with E-state index in [2.05, 4.69) is 10.2 Å². The van der Waals surface area contributed by atoms with Crippen molar-refractivity contribution in [2.75, 3.05) is 13.1 Å². The molecule has 0 aliphatic carbocycles. The zero-order valence-corrected chi connectivity index (χ0v) is 16.2. The van der Waals surface area contributed by atoms with Gasteiger partial charge in [-0.2, -0.15) is 9.40 Å². The summed E-state index contributed by atoms with van der Waals surface area (Å²) in [6.45, 7) is 0.962. The number of aromatic nitrogens is 2. The van der Waals surface area contributed by atoms with Crippen LogP contribution in [0.2, 0.25) is 5.02 Å². The lowest BCUT2D eigenvalue weighted by molar-refractivity contribution is 0.313. The van der Waals surface area contributed by atoms with Crippen LogP contribution in [0, 0.1) is 0 Å². The number of H-pyrrole nitrogens is 1. The van der Waals surface area contributed by atoms with Crippen LogP contribution in [-0.4, -0.2) is 36.0 Å². The average molecular weight is 402 g/mol. The van der Waals surface area contributed by atoms with E-state index < -0.39 is 10.0 Å². The molecule has 0 bridgehead atoms. The van der Waals surface area contributed by atoms with Gasteiger partial charge >= 0.3 is 0 Å². The molecule has 2 aromatic carbocycles. The first-order valence-corrected chi connectivity index (χ1v) is 10.7. The highest BCUT2D eigenvalue weighted by molar-refractivity contribution is 7.89. The minimum Gasteiger partial charge on any atom is -0.282 e. The van der Waals surface area contributed by atoms with Gasteiger partial charge in [0.15, 0.2) is 0 Å². The third-order valence-electron chi connectivity index (χ3n) is 5.00. The van der Waals surface area contributed by atoms with Crippen molar-refractivity contribution in [3.63, 3.8) is 0 Å². The van der Waals surface area contributed by atoms with Crippen LogP contribution in [0.5, 0.6) is 0 Å². The molecule has 140 valence electrons. The highest BCUT2D eigenvalue weighted by Gasteiger charge is 2.32. The molecule has 7 heteroatoms. The summed E-state index contributed by atoms with van der Waals surface area (Å²) in [6.07, 6.45) is 3.55. The van der Waals surface area contributed by atoms with Crippen molar-refractivity contribution in [2.45, 2.75) is 23.7 Å². The first-order valence-electron chi connectivity index (χ1n) is 8.90. The summed E-state index contributed by atoms with van der Waals surface area (Å²) >= 11 is 5.89. The number of nitrogens with zero attached hydrogens (tertiary/aromatic N) is 2. The fraction of sp³-hybridized carbons (Fsp3) is 0.250. The van der Waals surface area contributed by atoms with Crippen LogP contribution >= 0.6 is 11.6 Å². The van der Waals surface area contributed by atoms with E-state index >= 15 is 0 Å². The minimum absolute atomic E-state index is 0.0820. The van der Waals surface area contributed by atoms with Crippen molar-refractivity contribution >= 4 is 21.6 Å². The molecule has 0 radical (unpaired) electrons. The summed E-state index contributed by atoms with van der Waals surface area (Å²) in [7, 11) is -3.54. The van der Waals surface area contributed by atoms with Gasteiger partial charge in [0.1, 0.15) is 0 Å². The largest absolute Gasteiger partial charge is 0.282 e. The van der Waals surface area contributed by atoms with Gasteiger partial charge in [-0.25, -0.2) is 8.42 Å². The van der Waals surface area contributed by atoms with E-state index in [1.807, 2.05) is 36.5 Å². The van der Waals surface area contributed by atoms with Crippen molar-refractivity contribution in [1.82, 2.24) is 14.5 Å². The lowest BCUT2D eigenvalue weighted by atomic mass is 9.91. The fourth-order valence-corrected chi connectivity index (χ4v) is 5.26. The quantitative estimate of drug-likeness (QED) is 0.708. The number of rotatable bonds is 4. The summed E-state index contributed by atoms with van der Waals surface area (Å²) < 4.78 is 27.6. The summed E-state index contributed by atoms with van der Waals surface area (Å²) in [6, 6.07) is 16.4. The Morgan fingerprint density at radius 2 is 1.81 bits per heavy atom. The molecule has 3 aromatic rings. The van der Waals surface area contributed by atoms with Gasteiger partial charge in [0.25, 0.3) is 0 Å². The number of sulfonamides is 1. The summed E-state index contributed by atoms with van der Waals surface area (Å²) in [5, 5.41) is 7.85. The van der Waals surface area contributed by atoms with Crippen LogP contribution in [0.15, 0.2) is 65.7 Å². The van der Waals surface area contributed by atoms with Gasteiger partial charge in [0.05, 0.1) is 11.1 Å². The highest BCUT2D eigenvalue weighted by atomic mass is 35.5. The molecule has 0 saturated carbocycles. The van der Waals surface area contributed by atoms with E-state index in [1.54, 1.807) is 28.6 Å². The molecule has 0 unspecified atom stereocenters. The van der Waals surface area contributed by atoms with Crippen LogP contribution in [0.1, 0.15) is 24.5 Å². The number of aromatic amines is 1. The first-order chi connectivity index (χ1) is 13.1. The molecule has 1 aromatic heterocycles. The topological polar surface area (TPSA) is 66.1 Å². The van der Waals surface area contributed by atoms with E-state index in [-0.39, 0.29) is 10.8 Å². The maximum Gasteiger partial charge on any atom is 0.243 e. The fourth-order valence-electron chi connectivity index (χ4n) is 3.61. The van der Waals surface area contributed by atoms with Crippen LogP contribution in [-0.2, 0) is 10.0 Å². The molecule has 27 heavy (non-hydrogen) atoms. The minimum atomic E-state index is -3.54. The van der Waals surface area contributed by atoms with Gasteiger partial charge < -0.3 is 0 Å². The number of piperidine rings is 1. The van der Waals surface area contributed by atoms with Crippen molar-refractivity contribution in [3.05, 3.63) is 71.5 Å². The second-order valence-corrected chi connectivity index (χ2v) is 9.09. The Labute approximate surface area is 164 Å². The predicted octanol–water partition coefficient (Wildman–Crippen LogP) is 4.30. The smallest absolute Gasteiger partial charge is 0.243 e. The molecular weight excluding hydrogens is 382 g/mol. The monoisotopic (exact) mass is 401 g/mol. The van der Waals surface area contributed by atoms with Crippen molar-refractivity contribution in [2.24, 2.45) is 0 Å². The van der Waals surface area contributed by atoms with E-state index in [9.17, 15) is 8.42 Å². The normalized spacial score (nSPS) is 18.5. The Morgan fingerprint density at radius 1 is 1.07 bits per heavy atom. The zero-order chi connectivity index (χ0) is 18.9. The molecule has 2 heterocycles. The molecule has 1 aliphatic heterocycles. The van der Waals surface area contributed by atoms with Crippen molar-refractivity contribution in [1.29, 1.82) is 0 Å². The lowest BCUT2D eigenvalue weighted by Crippen LogP contribution is -2.39. The van der Waals surface area contributed by atoms with E-state index in [0.29, 0.717) is 18.1 Å². The maximum absolute atomic E-state index is 13.0. The van der Waals surface area contributed by atoms with Gasteiger partial charge in [-0.15, -0.1) is 0 Å². The van der Waals surface area contributed by atoms with E-state index in [1.165, 1.54) is 0 Å². The Morgan fingerprint density at radius 3 is 2.56 bits per heavy atom. The highest BCUT2D eigenvalue weighted by Crippen LogP contribution is 2.34. The van der Waals surface area contributed by atoms with Gasteiger partial charge in [-0.05, 0) is 42.7 Å². The Balaban J connectivity index is 1.61. The van der Waals surface area contributed by atoms with E-state index in [4.69, 9.17) is 11.6 Å². The molecular formula is C20H20ClN3O2S. The number of nitrogens with one attached hydrogen (secondary N) is 1. The lowest BCUT2D eigenvalue weighted by Gasteiger charge is -2.32. The maximum atomic E-state index is 13.0. The van der Waals surface area contributed by atoms with Gasteiger partial charge in [-0.3, -0.25) is 5.10 Å². The molecule has 5 nitrogen and oxygen atoms in total. The number of hydrogen-bond donors (Lipinski definition) is 1. The Kier molecular flexibility index (Phi) is 5.04. The van der Waals surface area contributed by atoms with Gasteiger partial charge in [-0.1, -0.05) is 41.9 Å². The summed E-state index contributed by atoms with van der Waals surface area (Å²) in [4.78, 5) is 0.278. The molecule has 4 rings (SSSR count). The van der Waals surface area contributed by atoms with Crippen LogP contribution in [0.4, 0.5) is 0 Å². The standard InChI is InChI=1S/C20H20ClN3O2S/c21-17-8-10-18(11-9-17)27(25,26)24-12-4-7-16(14-24)20-19(13-22-23-20)15-5-2-1-3-6-15/h1-3,5-6,8-11,13,16H,4,7,12,14H2,(H,22,23)/t16-/m0/s1. The molecule has 1 saturated heterocycles.